The maximum atomic E-state index is 9.89. The van der Waals surface area contributed by atoms with Gasteiger partial charge in [0, 0.05) is 34.5 Å². The van der Waals surface area contributed by atoms with Gasteiger partial charge < -0.3 is 9.47 Å². The molecule has 1 aromatic heterocycles. The lowest BCUT2D eigenvalue weighted by Gasteiger charge is -2.49. The van der Waals surface area contributed by atoms with Gasteiger partial charge in [-0.1, -0.05) is 36.3 Å². The average Bonchev–Trinajstić information content (AvgIpc) is 3.02. The summed E-state index contributed by atoms with van der Waals surface area (Å²) in [6, 6.07) is 8.45. The Labute approximate surface area is 159 Å². The van der Waals surface area contributed by atoms with E-state index >= 15 is 0 Å². The Kier molecular flexibility index (Phi) is 4.33. The maximum absolute atomic E-state index is 9.89. The second-order valence-corrected chi connectivity index (χ2v) is 7.59. The van der Waals surface area contributed by atoms with Gasteiger partial charge in [-0.15, -0.1) is 0 Å². The highest BCUT2D eigenvalue weighted by Crippen LogP contribution is 2.55. The lowest BCUT2D eigenvalue weighted by atomic mass is 9.67. The van der Waals surface area contributed by atoms with Crippen molar-refractivity contribution in [2.24, 2.45) is 10.5 Å². The van der Waals surface area contributed by atoms with Crippen LogP contribution < -0.4 is 0 Å². The van der Waals surface area contributed by atoms with Crippen molar-refractivity contribution < 1.29 is 0 Å². The minimum atomic E-state index is -0.0182. The van der Waals surface area contributed by atoms with Gasteiger partial charge in [-0.3, -0.25) is 0 Å². The van der Waals surface area contributed by atoms with Gasteiger partial charge in [0.25, 0.3) is 0 Å². The summed E-state index contributed by atoms with van der Waals surface area (Å²) >= 11 is 0. The summed E-state index contributed by atoms with van der Waals surface area (Å²) in [4.78, 5) is 4.90. The summed E-state index contributed by atoms with van der Waals surface area (Å²) in [7, 11) is 0. The summed E-state index contributed by atoms with van der Waals surface area (Å²) in [5.41, 5.74) is 13.5. The van der Waals surface area contributed by atoms with E-state index in [9.17, 15) is 5.26 Å². The smallest absolute Gasteiger partial charge is 0.179 e. The third-order valence-electron chi connectivity index (χ3n) is 6.34. The van der Waals surface area contributed by atoms with Crippen LogP contribution in [0.25, 0.3) is 27.0 Å². The quantitative estimate of drug-likeness (QED) is 0.317. The zero-order valence-corrected chi connectivity index (χ0v) is 15.9. The number of rotatable bonds is 4. The normalized spacial score (nSPS) is 23.8. The fourth-order valence-corrected chi connectivity index (χ4v) is 5.25. The second-order valence-electron chi connectivity index (χ2n) is 7.59. The molecule has 0 spiro atoms. The Morgan fingerprint density at radius 2 is 2.22 bits per heavy atom. The van der Waals surface area contributed by atoms with Crippen LogP contribution in [-0.4, -0.2) is 22.6 Å². The van der Waals surface area contributed by atoms with Crippen LogP contribution in [0.4, 0.5) is 0 Å². The molecule has 4 rings (SSSR count). The number of likely N-dealkylation sites (tertiary alicyclic amines) is 1. The summed E-state index contributed by atoms with van der Waals surface area (Å²) in [6.07, 6.45) is 8.70. The zero-order valence-electron chi connectivity index (χ0n) is 15.9. The van der Waals surface area contributed by atoms with Crippen molar-refractivity contribution in [3.63, 3.8) is 0 Å². The minimum Gasteiger partial charge on any atom is -0.315 e. The highest BCUT2D eigenvalue weighted by atomic mass is 15.2. The molecular formula is C21H24N6. The van der Waals surface area contributed by atoms with Gasteiger partial charge in [0.1, 0.15) is 0 Å². The maximum Gasteiger partial charge on any atom is 0.179 e. The molecule has 2 atom stereocenters. The number of nitriles is 1. The number of allylic oxidation sites excluding steroid dienone is 1. The Hall–Kier alpha value is -2.90. The lowest BCUT2D eigenvalue weighted by molar-refractivity contribution is 0.0778. The second kappa shape index (κ2) is 6.68. The molecule has 27 heavy (non-hydrogen) atoms. The van der Waals surface area contributed by atoms with Crippen LogP contribution in [-0.2, 0) is 6.42 Å². The van der Waals surface area contributed by atoms with Crippen LogP contribution in [0.3, 0.4) is 0 Å². The Bertz CT molecular complexity index is 1000. The van der Waals surface area contributed by atoms with E-state index in [0.717, 1.165) is 25.8 Å². The topological polar surface area (TPSA) is 80.7 Å². The first-order valence-corrected chi connectivity index (χ1v) is 9.66. The van der Waals surface area contributed by atoms with Crippen molar-refractivity contribution in [2.45, 2.75) is 45.6 Å². The van der Waals surface area contributed by atoms with E-state index in [1.165, 1.54) is 27.9 Å². The van der Waals surface area contributed by atoms with Gasteiger partial charge in [0.15, 0.2) is 6.19 Å². The highest BCUT2D eigenvalue weighted by molar-refractivity contribution is 5.89. The van der Waals surface area contributed by atoms with Gasteiger partial charge in [-0.2, -0.15) is 5.26 Å². The fraction of sp³-hybridized carbons (Fsp3) is 0.476. The number of nitrogens with zero attached hydrogens (tertiary/aromatic N) is 6. The summed E-state index contributed by atoms with van der Waals surface area (Å²) in [5.74, 6) is 0. The zero-order chi connectivity index (χ0) is 19.0. The van der Waals surface area contributed by atoms with E-state index < -0.39 is 0 Å². The van der Waals surface area contributed by atoms with Crippen molar-refractivity contribution >= 4 is 16.6 Å². The summed E-state index contributed by atoms with van der Waals surface area (Å²) < 4.78 is 2.33. The van der Waals surface area contributed by atoms with E-state index in [0.29, 0.717) is 13.0 Å². The molecule has 0 saturated carbocycles. The molecule has 2 aliphatic heterocycles. The number of para-hydroxylation sites is 1. The van der Waals surface area contributed by atoms with Crippen molar-refractivity contribution in [3.05, 3.63) is 52.0 Å². The third kappa shape index (κ3) is 2.50. The molecule has 0 amide bonds. The molecule has 0 unspecified atom stereocenters. The number of piperidine rings is 1. The average molecular weight is 360 g/mol. The lowest BCUT2D eigenvalue weighted by Crippen LogP contribution is -2.46. The number of hydrogen-bond acceptors (Lipinski definition) is 3. The van der Waals surface area contributed by atoms with E-state index in [1.54, 1.807) is 0 Å². The molecule has 6 nitrogen and oxygen atoms in total. The molecular weight excluding hydrogens is 336 g/mol. The highest BCUT2D eigenvalue weighted by Gasteiger charge is 2.48. The molecule has 1 aromatic carbocycles. The van der Waals surface area contributed by atoms with Gasteiger partial charge in [-0.05, 0) is 49.8 Å². The number of azide groups is 1. The SMILES string of the molecule is CC[C@]12C=C(C)n3c(c(CCN=[N+]=[N-])c4ccccc43)[C@H]1N(C#N)CCC2. The third-order valence-corrected chi connectivity index (χ3v) is 6.34. The molecule has 0 aliphatic carbocycles. The van der Waals surface area contributed by atoms with E-state index in [-0.39, 0.29) is 11.5 Å². The van der Waals surface area contributed by atoms with Gasteiger partial charge in [0.2, 0.25) is 0 Å². The summed E-state index contributed by atoms with van der Waals surface area (Å²) in [6.45, 7) is 5.63. The van der Waals surface area contributed by atoms with E-state index in [1.807, 2.05) is 4.90 Å². The van der Waals surface area contributed by atoms with Crippen LogP contribution in [0.15, 0.2) is 35.5 Å². The number of benzene rings is 1. The summed E-state index contributed by atoms with van der Waals surface area (Å²) in [5, 5.41) is 14.9. The first-order valence-electron chi connectivity index (χ1n) is 9.66. The first kappa shape index (κ1) is 17.5. The van der Waals surface area contributed by atoms with Crippen LogP contribution in [0, 0.1) is 16.9 Å². The Morgan fingerprint density at radius 1 is 1.41 bits per heavy atom. The van der Waals surface area contributed by atoms with Gasteiger partial charge in [0.05, 0.1) is 17.3 Å². The largest absolute Gasteiger partial charge is 0.315 e. The van der Waals surface area contributed by atoms with Gasteiger partial charge in [-0.25, -0.2) is 0 Å². The molecule has 0 radical (unpaired) electrons. The number of aromatic nitrogens is 1. The van der Waals surface area contributed by atoms with Crippen LogP contribution in [0.2, 0.25) is 0 Å². The monoisotopic (exact) mass is 360 g/mol. The van der Waals surface area contributed by atoms with Crippen LogP contribution >= 0.6 is 0 Å². The van der Waals surface area contributed by atoms with Crippen molar-refractivity contribution in [2.75, 3.05) is 13.1 Å². The minimum absolute atomic E-state index is 0.0182. The van der Waals surface area contributed by atoms with Crippen molar-refractivity contribution in [1.82, 2.24) is 9.47 Å². The number of hydrogen-bond donors (Lipinski definition) is 0. The first-order chi connectivity index (χ1) is 13.2. The van der Waals surface area contributed by atoms with Crippen LogP contribution in [0.1, 0.15) is 50.4 Å². The molecule has 0 bridgehead atoms. The molecule has 2 aliphatic rings. The standard InChI is InChI=1S/C21H24N6/c1-3-21-10-6-12-26(14-22)20(21)19-17(9-11-24-25-23)16-7-4-5-8-18(16)27(19)15(2)13-21/h4-5,7-8,13,20H,3,6,9-12H2,1-2H3/t20-,21+/m1/s1. The van der Waals surface area contributed by atoms with Crippen LogP contribution in [0.5, 0.6) is 0 Å². The van der Waals surface area contributed by atoms with Crippen molar-refractivity contribution in [1.29, 1.82) is 5.26 Å². The molecule has 3 heterocycles. The van der Waals surface area contributed by atoms with E-state index in [2.05, 4.69) is 65.0 Å². The van der Waals surface area contributed by atoms with Crippen molar-refractivity contribution in [3.8, 4) is 6.19 Å². The predicted molar refractivity (Wildman–Crippen MR) is 107 cm³/mol. The molecule has 1 saturated heterocycles. The van der Waals surface area contributed by atoms with Gasteiger partial charge >= 0.3 is 0 Å². The Balaban J connectivity index is 2.03. The molecule has 0 N–H and O–H groups in total. The Morgan fingerprint density at radius 3 is 2.96 bits per heavy atom. The molecule has 6 heteroatoms. The predicted octanol–water partition coefficient (Wildman–Crippen LogP) is 5.38. The molecule has 138 valence electrons. The number of fused-ring (bicyclic) bond motifs is 5. The molecule has 1 fully saturated rings. The fourth-order valence-electron chi connectivity index (χ4n) is 5.25. The van der Waals surface area contributed by atoms with E-state index in [4.69, 9.17) is 5.53 Å². The molecule has 2 aromatic rings.